The summed E-state index contributed by atoms with van der Waals surface area (Å²) in [5, 5.41) is 7.96. The third kappa shape index (κ3) is 2.18. The monoisotopic (exact) mass is 264 g/mol. The van der Waals surface area contributed by atoms with Crippen LogP contribution >= 0.6 is 0 Å². The van der Waals surface area contributed by atoms with E-state index in [0.717, 1.165) is 0 Å². The van der Waals surface area contributed by atoms with Gasteiger partial charge in [0.1, 0.15) is 5.84 Å². The lowest BCUT2D eigenvalue weighted by atomic mass is 10.0. The summed E-state index contributed by atoms with van der Waals surface area (Å²) in [7, 11) is -4.72. The lowest BCUT2D eigenvalue weighted by Gasteiger charge is -2.29. The summed E-state index contributed by atoms with van der Waals surface area (Å²) in [6.45, 7) is 0.235. The number of carbonyl (C=O) groups excluding carboxylic acids is 1. The Kier molecular flexibility index (Phi) is 2.72. The van der Waals surface area contributed by atoms with E-state index in [4.69, 9.17) is 15.7 Å². The number of nitrogens with zero attached hydrogens (tertiary/aromatic N) is 2. The smallest absolute Gasteiger partial charge is 0.386 e. The molecule has 17 heavy (non-hydrogen) atoms. The molecule has 0 aromatic carbocycles. The largest absolute Gasteiger partial charge is 0.418 e. The van der Waals surface area contributed by atoms with Crippen LogP contribution in [0.2, 0.25) is 0 Å². The first-order chi connectivity index (χ1) is 7.79. The molecule has 2 aliphatic rings. The molecular formula is C7H12N4O5S. The highest BCUT2D eigenvalue weighted by molar-refractivity contribution is 7.80. The van der Waals surface area contributed by atoms with Crippen LogP contribution in [0.5, 0.6) is 0 Å². The Hall–Kier alpha value is -1.39. The molecule has 2 rings (SSSR count). The highest BCUT2D eigenvalue weighted by Gasteiger charge is 2.48. The number of piperidine rings is 1. The SMILES string of the molecule is N=C(N)[C@@H]1CC[C@@H]2CN1C(=O)N2OS(=O)(=O)O. The number of fused-ring (bicyclic) bond motifs is 2. The molecule has 4 N–H and O–H groups in total. The molecule has 2 fully saturated rings. The highest BCUT2D eigenvalue weighted by atomic mass is 32.3. The molecule has 0 aliphatic carbocycles. The fourth-order valence-corrected chi connectivity index (χ4v) is 2.54. The molecule has 0 unspecified atom stereocenters. The number of hydrogen-bond acceptors (Lipinski definition) is 5. The van der Waals surface area contributed by atoms with E-state index in [9.17, 15) is 13.2 Å². The molecule has 0 saturated carbocycles. The van der Waals surface area contributed by atoms with E-state index in [2.05, 4.69) is 4.28 Å². The molecular weight excluding hydrogens is 252 g/mol. The van der Waals surface area contributed by atoms with Crippen molar-refractivity contribution < 1.29 is 22.0 Å². The standard InChI is InChI=1S/C7H12N4O5S/c8-6(9)5-2-1-4-3-10(5)7(12)11(4)16-17(13,14)15/h4-5H,1-3H2,(H3,8,9)(H,13,14,15)/t4-,5+/m1/s1. The van der Waals surface area contributed by atoms with Crippen molar-refractivity contribution in [2.75, 3.05) is 6.54 Å². The van der Waals surface area contributed by atoms with Gasteiger partial charge in [0.2, 0.25) is 0 Å². The molecule has 0 radical (unpaired) electrons. The number of nitrogens with one attached hydrogen (secondary N) is 1. The second kappa shape index (κ2) is 3.82. The fourth-order valence-electron chi connectivity index (χ4n) is 2.15. The third-order valence-corrected chi connectivity index (χ3v) is 3.21. The van der Waals surface area contributed by atoms with Crippen LogP contribution in [-0.4, -0.2) is 53.4 Å². The van der Waals surface area contributed by atoms with Gasteiger partial charge < -0.3 is 10.6 Å². The minimum Gasteiger partial charge on any atom is -0.386 e. The predicted molar refractivity (Wildman–Crippen MR) is 55.3 cm³/mol. The zero-order chi connectivity index (χ0) is 12.8. The Morgan fingerprint density at radius 2 is 2.18 bits per heavy atom. The number of carbonyl (C=O) groups is 1. The van der Waals surface area contributed by atoms with Gasteiger partial charge in [-0.1, -0.05) is 0 Å². The molecule has 0 aromatic rings. The summed E-state index contributed by atoms with van der Waals surface area (Å²) in [5.41, 5.74) is 5.35. The maximum absolute atomic E-state index is 11.8. The normalized spacial score (nSPS) is 28.6. The molecule has 0 spiro atoms. The van der Waals surface area contributed by atoms with Gasteiger partial charge in [-0.25, -0.2) is 4.79 Å². The maximum Gasteiger partial charge on any atom is 0.418 e. The van der Waals surface area contributed by atoms with E-state index < -0.39 is 28.5 Å². The van der Waals surface area contributed by atoms with E-state index in [1.165, 1.54) is 4.90 Å². The topological polar surface area (TPSA) is 137 Å². The fraction of sp³-hybridized carbons (Fsp3) is 0.714. The van der Waals surface area contributed by atoms with Gasteiger partial charge in [-0.3, -0.25) is 9.96 Å². The Morgan fingerprint density at radius 3 is 2.71 bits per heavy atom. The van der Waals surface area contributed by atoms with Crippen LogP contribution in [0.3, 0.4) is 0 Å². The Balaban J connectivity index is 2.20. The van der Waals surface area contributed by atoms with Gasteiger partial charge in [-0.15, -0.1) is 4.28 Å². The second-order valence-corrected chi connectivity index (χ2v) is 4.97. The van der Waals surface area contributed by atoms with Crippen molar-refractivity contribution in [3.05, 3.63) is 0 Å². The molecule has 10 heteroatoms. The number of rotatable bonds is 3. The molecule has 0 aromatic heterocycles. The van der Waals surface area contributed by atoms with Crippen molar-refractivity contribution in [3.63, 3.8) is 0 Å². The van der Waals surface area contributed by atoms with Gasteiger partial charge in [0.05, 0.1) is 12.1 Å². The van der Waals surface area contributed by atoms with Crippen molar-refractivity contribution in [2.24, 2.45) is 5.73 Å². The van der Waals surface area contributed by atoms with Gasteiger partial charge in [0.25, 0.3) is 0 Å². The first-order valence-corrected chi connectivity index (χ1v) is 6.27. The van der Waals surface area contributed by atoms with E-state index in [0.29, 0.717) is 17.9 Å². The maximum atomic E-state index is 11.8. The van der Waals surface area contributed by atoms with Crippen molar-refractivity contribution in [2.45, 2.75) is 24.9 Å². The third-order valence-electron chi connectivity index (χ3n) is 2.86. The van der Waals surface area contributed by atoms with E-state index in [1.807, 2.05) is 0 Å². The Bertz CT molecular complexity index is 463. The van der Waals surface area contributed by atoms with Crippen LogP contribution in [0.1, 0.15) is 12.8 Å². The first kappa shape index (κ1) is 12.1. The number of amidine groups is 1. The van der Waals surface area contributed by atoms with Gasteiger partial charge in [-0.2, -0.15) is 13.5 Å². The first-order valence-electron chi connectivity index (χ1n) is 4.90. The summed E-state index contributed by atoms with van der Waals surface area (Å²) in [6, 6.07) is -1.68. The number of nitrogens with two attached hydrogens (primary N) is 1. The van der Waals surface area contributed by atoms with Crippen molar-refractivity contribution >= 4 is 22.3 Å². The number of hydroxylamine groups is 2. The van der Waals surface area contributed by atoms with Crippen molar-refractivity contribution in [1.82, 2.24) is 9.96 Å². The molecule has 2 aliphatic heterocycles. The molecule has 2 atom stereocenters. The number of hydrogen-bond donors (Lipinski definition) is 3. The van der Waals surface area contributed by atoms with Crippen LogP contribution in [-0.2, 0) is 14.7 Å². The Labute approximate surface area is 97.5 Å². The van der Waals surface area contributed by atoms with Gasteiger partial charge in [0.15, 0.2) is 0 Å². The van der Waals surface area contributed by atoms with Crippen LogP contribution in [0.4, 0.5) is 4.79 Å². The lowest BCUT2D eigenvalue weighted by molar-refractivity contribution is -0.0316. The molecule has 2 heterocycles. The Morgan fingerprint density at radius 1 is 1.53 bits per heavy atom. The van der Waals surface area contributed by atoms with Crippen LogP contribution in [0.15, 0.2) is 0 Å². The number of urea groups is 1. The van der Waals surface area contributed by atoms with Gasteiger partial charge in [-0.05, 0) is 12.8 Å². The van der Waals surface area contributed by atoms with E-state index in [-0.39, 0.29) is 12.4 Å². The zero-order valence-electron chi connectivity index (χ0n) is 8.74. The van der Waals surface area contributed by atoms with Gasteiger partial charge in [0, 0.05) is 6.54 Å². The van der Waals surface area contributed by atoms with Crippen LogP contribution < -0.4 is 5.73 Å². The van der Waals surface area contributed by atoms with Crippen molar-refractivity contribution in [1.29, 1.82) is 5.41 Å². The summed E-state index contributed by atoms with van der Waals surface area (Å²) in [5.74, 6) is -0.148. The quantitative estimate of drug-likeness (QED) is 0.337. The molecule has 2 bridgehead atoms. The van der Waals surface area contributed by atoms with Crippen LogP contribution in [0, 0.1) is 5.41 Å². The molecule has 9 nitrogen and oxygen atoms in total. The average Bonchev–Trinajstić information content (AvgIpc) is 2.42. The minimum atomic E-state index is -4.72. The van der Waals surface area contributed by atoms with E-state index in [1.54, 1.807) is 0 Å². The summed E-state index contributed by atoms with van der Waals surface area (Å²) < 4.78 is 34.0. The highest BCUT2D eigenvalue weighted by Crippen LogP contribution is 2.30. The van der Waals surface area contributed by atoms with Crippen LogP contribution in [0.25, 0.3) is 0 Å². The summed E-state index contributed by atoms with van der Waals surface area (Å²) in [6.07, 6.45) is 0.930. The second-order valence-electron chi connectivity index (χ2n) is 3.97. The zero-order valence-corrected chi connectivity index (χ0v) is 9.55. The van der Waals surface area contributed by atoms with E-state index >= 15 is 0 Å². The summed E-state index contributed by atoms with van der Waals surface area (Å²) in [4.78, 5) is 13.0. The average molecular weight is 264 g/mol. The molecule has 2 saturated heterocycles. The van der Waals surface area contributed by atoms with Crippen molar-refractivity contribution in [3.8, 4) is 0 Å². The predicted octanol–water partition coefficient (Wildman–Crippen LogP) is -1.07. The molecule has 96 valence electrons. The number of amides is 2. The minimum absolute atomic E-state index is 0.148. The lowest BCUT2D eigenvalue weighted by Crippen LogP contribution is -2.47. The van der Waals surface area contributed by atoms with Gasteiger partial charge >= 0.3 is 16.4 Å². The summed E-state index contributed by atoms with van der Waals surface area (Å²) >= 11 is 0. The molecule has 2 amide bonds.